The summed E-state index contributed by atoms with van der Waals surface area (Å²) in [5, 5.41) is 8.22. The van der Waals surface area contributed by atoms with Crippen molar-refractivity contribution >= 4 is 38.4 Å². The van der Waals surface area contributed by atoms with E-state index in [0.717, 1.165) is 15.1 Å². The smallest absolute Gasteiger partial charge is 0.243 e. The van der Waals surface area contributed by atoms with Gasteiger partial charge in [-0.3, -0.25) is 0 Å². The van der Waals surface area contributed by atoms with Gasteiger partial charge in [0.15, 0.2) is 5.82 Å². The van der Waals surface area contributed by atoms with Crippen molar-refractivity contribution in [3.63, 3.8) is 0 Å². The highest BCUT2D eigenvalue weighted by Gasteiger charge is 2.28. The van der Waals surface area contributed by atoms with E-state index in [2.05, 4.69) is 37.7 Å². The molecule has 1 aromatic carbocycles. The molecule has 0 amide bonds. The number of sulfonamides is 1. The molecule has 0 radical (unpaired) electrons. The number of anilines is 1. The van der Waals surface area contributed by atoms with Crippen LogP contribution in [-0.2, 0) is 10.0 Å². The number of halogens is 1. The van der Waals surface area contributed by atoms with Crippen molar-refractivity contribution in [3.05, 3.63) is 45.7 Å². The highest BCUT2D eigenvalue weighted by Crippen LogP contribution is 2.20. The second-order valence-electron chi connectivity index (χ2n) is 5.38. The Kier molecular flexibility index (Phi) is 4.83. The largest absolute Gasteiger partial charge is 0.352 e. The average Bonchev–Trinajstić information content (AvgIpc) is 2.56. The Morgan fingerprint density at radius 2 is 1.61 bits per heavy atom. The first-order valence-corrected chi connectivity index (χ1v) is 9.80. The van der Waals surface area contributed by atoms with Gasteiger partial charge in [0.05, 0.1) is 10.6 Å². The lowest BCUT2D eigenvalue weighted by molar-refractivity contribution is 0.383. The van der Waals surface area contributed by atoms with E-state index in [9.17, 15) is 8.42 Å². The van der Waals surface area contributed by atoms with Gasteiger partial charge in [0.1, 0.15) is 0 Å². The molecule has 1 aromatic heterocycles. The van der Waals surface area contributed by atoms with Gasteiger partial charge in [-0.2, -0.15) is 9.40 Å². The van der Waals surface area contributed by atoms with Gasteiger partial charge in [0.2, 0.25) is 10.0 Å². The number of hydrogen-bond donors (Lipinski definition) is 0. The highest BCUT2D eigenvalue weighted by molar-refractivity contribution is 14.1. The van der Waals surface area contributed by atoms with E-state index in [1.165, 1.54) is 4.31 Å². The molecule has 1 aliphatic heterocycles. The minimum Gasteiger partial charge on any atom is -0.352 e. The third-order valence-electron chi connectivity index (χ3n) is 3.80. The van der Waals surface area contributed by atoms with Gasteiger partial charge in [0.25, 0.3) is 0 Å². The summed E-state index contributed by atoms with van der Waals surface area (Å²) in [5.74, 6) is 0.793. The Morgan fingerprint density at radius 1 is 0.957 bits per heavy atom. The first-order chi connectivity index (χ1) is 11.0. The van der Waals surface area contributed by atoms with Crippen LogP contribution in [0.25, 0.3) is 0 Å². The van der Waals surface area contributed by atoms with Crippen LogP contribution in [0.3, 0.4) is 0 Å². The van der Waals surface area contributed by atoms with Gasteiger partial charge in [-0.1, -0.05) is 0 Å². The molecular formula is C15H17IN4O2S. The van der Waals surface area contributed by atoms with E-state index < -0.39 is 10.0 Å². The molecule has 0 saturated carbocycles. The van der Waals surface area contributed by atoms with Crippen LogP contribution >= 0.6 is 22.6 Å². The first-order valence-electron chi connectivity index (χ1n) is 7.28. The number of benzene rings is 1. The maximum atomic E-state index is 12.7. The zero-order valence-corrected chi connectivity index (χ0v) is 15.7. The van der Waals surface area contributed by atoms with Gasteiger partial charge in [-0.05, 0) is 65.9 Å². The summed E-state index contributed by atoms with van der Waals surface area (Å²) >= 11 is 2.16. The summed E-state index contributed by atoms with van der Waals surface area (Å²) in [7, 11) is -3.42. The Labute approximate surface area is 149 Å². The molecule has 0 spiro atoms. The van der Waals surface area contributed by atoms with Crippen LogP contribution in [0.4, 0.5) is 5.82 Å². The van der Waals surface area contributed by atoms with Gasteiger partial charge < -0.3 is 4.90 Å². The van der Waals surface area contributed by atoms with Crippen molar-refractivity contribution < 1.29 is 8.42 Å². The molecule has 0 aliphatic carbocycles. The van der Waals surface area contributed by atoms with E-state index in [0.29, 0.717) is 31.1 Å². The predicted octanol–water partition coefficient (Wildman–Crippen LogP) is 1.90. The third-order valence-corrected chi connectivity index (χ3v) is 6.43. The van der Waals surface area contributed by atoms with Gasteiger partial charge in [-0.15, -0.1) is 5.10 Å². The SMILES string of the molecule is Cc1ccc(N2CCN(S(=O)(=O)c3ccc(I)cc3)CC2)nn1. The molecule has 2 heterocycles. The van der Waals surface area contributed by atoms with Crippen LogP contribution in [0.5, 0.6) is 0 Å². The monoisotopic (exact) mass is 444 g/mol. The van der Waals surface area contributed by atoms with Crippen molar-refractivity contribution in [2.45, 2.75) is 11.8 Å². The van der Waals surface area contributed by atoms with Crippen LogP contribution < -0.4 is 4.90 Å². The fraction of sp³-hybridized carbons (Fsp3) is 0.333. The number of rotatable bonds is 3. The van der Waals surface area contributed by atoms with Crippen molar-refractivity contribution in [1.82, 2.24) is 14.5 Å². The topological polar surface area (TPSA) is 66.4 Å². The van der Waals surface area contributed by atoms with E-state index in [1.807, 2.05) is 31.2 Å². The first kappa shape index (κ1) is 16.6. The fourth-order valence-corrected chi connectivity index (χ4v) is 4.26. The standard InChI is InChI=1S/C15H17IN4O2S/c1-12-2-7-15(18-17-12)19-8-10-20(11-9-19)23(21,22)14-5-3-13(16)4-6-14/h2-7H,8-11H2,1H3. The molecule has 1 saturated heterocycles. The molecule has 1 fully saturated rings. The summed E-state index contributed by atoms with van der Waals surface area (Å²) < 4.78 is 27.9. The van der Waals surface area contributed by atoms with Crippen molar-refractivity contribution in [2.24, 2.45) is 0 Å². The Balaban J connectivity index is 1.70. The molecule has 0 bridgehead atoms. The zero-order chi connectivity index (χ0) is 16.4. The second kappa shape index (κ2) is 6.70. The minimum atomic E-state index is -3.42. The molecule has 0 N–H and O–H groups in total. The average molecular weight is 444 g/mol. The number of nitrogens with zero attached hydrogens (tertiary/aromatic N) is 4. The summed E-state index contributed by atoms with van der Waals surface area (Å²) in [6.07, 6.45) is 0. The molecule has 23 heavy (non-hydrogen) atoms. The lowest BCUT2D eigenvalue weighted by atomic mass is 10.3. The predicted molar refractivity (Wildman–Crippen MR) is 96.9 cm³/mol. The lowest BCUT2D eigenvalue weighted by Gasteiger charge is -2.34. The minimum absolute atomic E-state index is 0.349. The molecule has 0 unspecified atom stereocenters. The lowest BCUT2D eigenvalue weighted by Crippen LogP contribution is -2.49. The molecular weight excluding hydrogens is 427 g/mol. The van der Waals surface area contributed by atoms with Crippen molar-refractivity contribution in [1.29, 1.82) is 0 Å². The summed E-state index contributed by atoms with van der Waals surface area (Å²) in [5.41, 5.74) is 0.869. The Bertz CT molecular complexity index is 770. The highest BCUT2D eigenvalue weighted by atomic mass is 127. The Hall–Kier alpha value is -1.26. The number of hydrogen-bond acceptors (Lipinski definition) is 5. The fourth-order valence-electron chi connectivity index (χ4n) is 2.47. The van der Waals surface area contributed by atoms with Gasteiger partial charge >= 0.3 is 0 Å². The summed E-state index contributed by atoms with van der Waals surface area (Å²) in [6, 6.07) is 10.8. The van der Waals surface area contributed by atoms with E-state index in [4.69, 9.17) is 0 Å². The number of aryl methyl sites for hydroxylation is 1. The maximum Gasteiger partial charge on any atom is 0.243 e. The third kappa shape index (κ3) is 3.64. The molecule has 6 nitrogen and oxygen atoms in total. The zero-order valence-electron chi connectivity index (χ0n) is 12.7. The van der Waals surface area contributed by atoms with E-state index >= 15 is 0 Å². The molecule has 1 aliphatic rings. The van der Waals surface area contributed by atoms with Crippen molar-refractivity contribution in [3.8, 4) is 0 Å². The number of aromatic nitrogens is 2. The van der Waals surface area contributed by atoms with Gasteiger partial charge in [0, 0.05) is 29.7 Å². The van der Waals surface area contributed by atoms with Crippen molar-refractivity contribution in [2.75, 3.05) is 31.1 Å². The van der Waals surface area contributed by atoms with Crippen LogP contribution in [0, 0.1) is 10.5 Å². The van der Waals surface area contributed by atoms with Gasteiger partial charge in [-0.25, -0.2) is 8.42 Å². The number of piperazine rings is 1. The van der Waals surface area contributed by atoms with E-state index in [1.54, 1.807) is 12.1 Å². The molecule has 122 valence electrons. The van der Waals surface area contributed by atoms with Crippen LogP contribution in [-0.4, -0.2) is 49.1 Å². The maximum absolute atomic E-state index is 12.7. The Morgan fingerprint density at radius 3 is 2.17 bits per heavy atom. The van der Waals surface area contributed by atoms with Crippen LogP contribution in [0.1, 0.15) is 5.69 Å². The summed E-state index contributed by atoms with van der Waals surface area (Å²) in [6.45, 7) is 4.01. The molecule has 3 rings (SSSR count). The summed E-state index contributed by atoms with van der Waals surface area (Å²) in [4.78, 5) is 2.41. The molecule has 0 atom stereocenters. The van der Waals surface area contributed by atoms with E-state index in [-0.39, 0.29) is 0 Å². The normalized spacial score (nSPS) is 16.5. The van der Waals surface area contributed by atoms with Crippen LogP contribution in [0.2, 0.25) is 0 Å². The second-order valence-corrected chi connectivity index (χ2v) is 8.56. The quantitative estimate of drug-likeness (QED) is 0.677. The molecule has 8 heteroatoms. The molecule has 2 aromatic rings. The van der Waals surface area contributed by atoms with Crippen LogP contribution in [0.15, 0.2) is 41.3 Å².